The Kier molecular flexibility index (Phi) is 3.69. The van der Waals surface area contributed by atoms with Crippen molar-refractivity contribution in [2.45, 2.75) is 31.1 Å². The van der Waals surface area contributed by atoms with Crippen molar-refractivity contribution in [3.63, 3.8) is 0 Å². The lowest BCUT2D eigenvalue weighted by Crippen LogP contribution is -2.16. The minimum absolute atomic E-state index is 0.0568. The fraction of sp³-hybridized carbons (Fsp3) is 0.412. The monoisotopic (exact) mass is 317 g/mol. The van der Waals surface area contributed by atoms with Gasteiger partial charge in [-0.3, -0.25) is 0 Å². The number of rotatable bonds is 2. The van der Waals surface area contributed by atoms with E-state index in [0.29, 0.717) is 0 Å². The zero-order valence-electron chi connectivity index (χ0n) is 11.9. The molecule has 0 saturated carbocycles. The average molecular weight is 317 g/mol. The van der Waals surface area contributed by atoms with Crippen LogP contribution in [0.4, 0.5) is 0 Å². The molecule has 0 amide bonds. The van der Waals surface area contributed by atoms with E-state index in [1.807, 2.05) is 23.1 Å². The molecule has 1 aromatic carbocycles. The van der Waals surface area contributed by atoms with E-state index in [1.54, 1.807) is 0 Å². The molecule has 0 spiro atoms. The van der Waals surface area contributed by atoms with Crippen LogP contribution < -0.4 is 10.5 Å². The fourth-order valence-electron chi connectivity index (χ4n) is 3.14. The minimum atomic E-state index is -0.0568. The Bertz CT molecular complexity index is 641. The van der Waals surface area contributed by atoms with Gasteiger partial charge in [0.05, 0.1) is 12.6 Å². The van der Waals surface area contributed by atoms with Gasteiger partial charge in [-0.25, -0.2) is 0 Å². The van der Waals surface area contributed by atoms with Crippen molar-refractivity contribution in [2.24, 2.45) is 5.73 Å². The van der Waals surface area contributed by atoms with Crippen LogP contribution in [0.3, 0.4) is 0 Å². The molecule has 2 aliphatic heterocycles. The number of nitrogens with two attached hydrogens (primary N) is 1. The lowest BCUT2D eigenvalue weighted by molar-refractivity contribution is 0.284. The first-order valence-electron chi connectivity index (χ1n) is 7.52. The van der Waals surface area contributed by atoms with E-state index in [1.165, 1.54) is 33.1 Å². The van der Waals surface area contributed by atoms with Gasteiger partial charge < -0.3 is 10.5 Å². The molecule has 1 unspecified atom stereocenters. The van der Waals surface area contributed by atoms with Crippen molar-refractivity contribution in [3.8, 4) is 5.75 Å². The van der Waals surface area contributed by atoms with Crippen molar-refractivity contribution < 1.29 is 4.74 Å². The minimum Gasteiger partial charge on any atom is -0.493 e. The standard InChI is InChI=1S/C17H19NOS2/c18-16(15-9-12-10-20-8-6-14(12)21-15)13-5-1-3-11-4-2-7-19-17(11)13/h1,3,5,9,16H,2,4,6-8,10,18H2. The molecule has 4 heteroatoms. The maximum Gasteiger partial charge on any atom is 0.127 e. The second-order valence-electron chi connectivity index (χ2n) is 5.66. The third-order valence-electron chi connectivity index (χ3n) is 4.25. The fourth-order valence-corrected chi connectivity index (χ4v) is 5.53. The van der Waals surface area contributed by atoms with Crippen molar-refractivity contribution in [3.05, 3.63) is 50.7 Å². The molecular weight excluding hydrogens is 298 g/mol. The summed E-state index contributed by atoms with van der Waals surface area (Å²) in [6.45, 7) is 0.814. The predicted molar refractivity (Wildman–Crippen MR) is 90.5 cm³/mol. The van der Waals surface area contributed by atoms with Gasteiger partial charge in [0.15, 0.2) is 0 Å². The van der Waals surface area contributed by atoms with Crippen molar-refractivity contribution in [1.29, 1.82) is 0 Å². The first-order valence-corrected chi connectivity index (χ1v) is 9.49. The highest BCUT2D eigenvalue weighted by Crippen LogP contribution is 2.39. The molecule has 0 fully saturated rings. The van der Waals surface area contributed by atoms with Crippen molar-refractivity contribution in [1.82, 2.24) is 0 Å². The number of hydrogen-bond acceptors (Lipinski definition) is 4. The third-order valence-corrected chi connectivity index (χ3v) is 6.58. The SMILES string of the molecule is NC(c1cc2c(s1)CCSC2)c1cccc2c1OCCC2. The summed E-state index contributed by atoms with van der Waals surface area (Å²) in [4.78, 5) is 2.81. The first-order chi connectivity index (χ1) is 10.3. The van der Waals surface area contributed by atoms with Gasteiger partial charge in [-0.1, -0.05) is 18.2 Å². The number of hydrogen-bond donors (Lipinski definition) is 1. The van der Waals surface area contributed by atoms with E-state index in [4.69, 9.17) is 10.5 Å². The lowest BCUT2D eigenvalue weighted by atomic mass is 9.97. The highest BCUT2D eigenvalue weighted by molar-refractivity contribution is 7.98. The van der Waals surface area contributed by atoms with Crippen LogP contribution in [0, 0.1) is 0 Å². The topological polar surface area (TPSA) is 35.2 Å². The van der Waals surface area contributed by atoms with Crippen LogP contribution >= 0.6 is 23.1 Å². The molecule has 2 N–H and O–H groups in total. The van der Waals surface area contributed by atoms with Gasteiger partial charge >= 0.3 is 0 Å². The molecule has 0 saturated heterocycles. The van der Waals surface area contributed by atoms with E-state index < -0.39 is 0 Å². The molecule has 0 aliphatic carbocycles. The van der Waals surface area contributed by atoms with Crippen LogP contribution in [0.2, 0.25) is 0 Å². The van der Waals surface area contributed by atoms with Gasteiger partial charge in [0.1, 0.15) is 5.75 Å². The summed E-state index contributed by atoms with van der Waals surface area (Å²) in [6, 6.07) is 8.67. The summed E-state index contributed by atoms with van der Waals surface area (Å²) in [7, 11) is 0. The second-order valence-corrected chi connectivity index (χ2v) is 7.94. The molecule has 0 radical (unpaired) electrons. The third kappa shape index (κ3) is 2.50. The Labute approximate surface area is 133 Å². The summed E-state index contributed by atoms with van der Waals surface area (Å²) in [5, 5.41) is 0. The van der Waals surface area contributed by atoms with E-state index in [0.717, 1.165) is 36.5 Å². The number of thioether (sulfide) groups is 1. The molecular formula is C17H19NOS2. The molecule has 110 valence electrons. The molecule has 21 heavy (non-hydrogen) atoms. The normalized spacial score (nSPS) is 18.5. The molecule has 1 aromatic heterocycles. The van der Waals surface area contributed by atoms with Crippen LogP contribution in [-0.4, -0.2) is 12.4 Å². The highest BCUT2D eigenvalue weighted by Gasteiger charge is 2.23. The number of fused-ring (bicyclic) bond motifs is 2. The smallest absolute Gasteiger partial charge is 0.127 e. The van der Waals surface area contributed by atoms with Crippen molar-refractivity contribution in [2.75, 3.05) is 12.4 Å². The van der Waals surface area contributed by atoms with Gasteiger partial charge in [0, 0.05) is 21.1 Å². The Hall–Kier alpha value is -0.970. The number of ether oxygens (including phenoxy) is 1. The number of benzene rings is 1. The average Bonchev–Trinajstić information content (AvgIpc) is 2.97. The van der Waals surface area contributed by atoms with E-state index in [-0.39, 0.29) is 6.04 Å². The zero-order valence-corrected chi connectivity index (χ0v) is 13.6. The molecule has 2 aromatic rings. The summed E-state index contributed by atoms with van der Waals surface area (Å²) in [6.07, 6.45) is 3.41. The van der Waals surface area contributed by atoms with Crippen LogP contribution in [0.25, 0.3) is 0 Å². The predicted octanol–water partition coefficient (Wildman–Crippen LogP) is 3.91. The number of para-hydroxylation sites is 1. The number of thiophene rings is 1. The highest BCUT2D eigenvalue weighted by atomic mass is 32.2. The maximum absolute atomic E-state index is 6.58. The van der Waals surface area contributed by atoms with Crippen LogP contribution in [0.5, 0.6) is 5.75 Å². The molecule has 1 atom stereocenters. The van der Waals surface area contributed by atoms with E-state index >= 15 is 0 Å². The maximum atomic E-state index is 6.58. The van der Waals surface area contributed by atoms with Crippen LogP contribution in [-0.2, 0) is 18.6 Å². The quantitative estimate of drug-likeness (QED) is 0.912. The van der Waals surface area contributed by atoms with E-state index in [2.05, 4.69) is 24.3 Å². The van der Waals surface area contributed by atoms with Gasteiger partial charge in [-0.15, -0.1) is 11.3 Å². The Balaban J connectivity index is 1.71. The zero-order chi connectivity index (χ0) is 14.2. The second kappa shape index (κ2) is 5.67. The molecule has 4 rings (SSSR count). The first kappa shape index (κ1) is 13.7. The summed E-state index contributed by atoms with van der Waals surface area (Å²) >= 11 is 3.92. The Morgan fingerprint density at radius 2 is 2.14 bits per heavy atom. The van der Waals surface area contributed by atoms with Crippen LogP contribution in [0.1, 0.15) is 38.9 Å². The van der Waals surface area contributed by atoms with Gasteiger partial charge in [0.2, 0.25) is 0 Å². The van der Waals surface area contributed by atoms with Gasteiger partial charge in [-0.05, 0) is 42.2 Å². The van der Waals surface area contributed by atoms with Gasteiger partial charge in [0.25, 0.3) is 0 Å². The molecule has 2 nitrogen and oxygen atoms in total. The lowest BCUT2D eigenvalue weighted by Gasteiger charge is -2.22. The van der Waals surface area contributed by atoms with Gasteiger partial charge in [-0.2, -0.15) is 11.8 Å². The molecule has 2 aliphatic rings. The summed E-state index contributed by atoms with van der Waals surface area (Å²) in [5.74, 6) is 3.42. The summed E-state index contributed by atoms with van der Waals surface area (Å²) < 4.78 is 5.92. The Morgan fingerprint density at radius 1 is 1.19 bits per heavy atom. The largest absolute Gasteiger partial charge is 0.493 e. The summed E-state index contributed by atoms with van der Waals surface area (Å²) in [5.41, 5.74) is 10.5. The number of aryl methyl sites for hydroxylation is 2. The van der Waals surface area contributed by atoms with Crippen LogP contribution in [0.15, 0.2) is 24.3 Å². The van der Waals surface area contributed by atoms with Crippen molar-refractivity contribution >= 4 is 23.1 Å². The van der Waals surface area contributed by atoms with E-state index in [9.17, 15) is 0 Å². The molecule has 3 heterocycles. The molecule has 0 bridgehead atoms. The Morgan fingerprint density at radius 3 is 3.05 bits per heavy atom.